The van der Waals surface area contributed by atoms with E-state index in [1.165, 1.54) is 18.4 Å². The minimum Gasteiger partial charge on any atom is -0.469 e. The molecule has 1 aromatic carbocycles. The molecule has 1 aromatic heterocycles. The molecule has 1 fully saturated rings. The van der Waals surface area contributed by atoms with Crippen LogP contribution < -0.4 is 10.2 Å². The molecule has 9 heteroatoms. The van der Waals surface area contributed by atoms with Gasteiger partial charge in [0.25, 0.3) is 0 Å². The van der Waals surface area contributed by atoms with E-state index in [-0.39, 0.29) is 19.0 Å². The van der Waals surface area contributed by atoms with Crippen molar-refractivity contribution in [1.82, 2.24) is 0 Å². The Balaban J connectivity index is 1.97. The number of carbonyl (C=O) groups is 2. The van der Waals surface area contributed by atoms with Crippen molar-refractivity contribution in [3.63, 3.8) is 0 Å². The molecule has 0 amide bonds. The summed E-state index contributed by atoms with van der Waals surface area (Å²) >= 11 is 1.36. The van der Waals surface area contributed by atoms with Crippen LogP contribution >= 0.6 is 11.3 Å². The third-order valence-electron chi connectivity index (χ3n) is 6.10. The molecule has 0 bridgehead atoms. The fourth-order valence-electron chi connectivity index (χ4n) is 3.46. The van der Waals surface area contributed by atoms with Crippen molar-refractivity contribution in [3.05, 3.63) is 23.1 Å². The van der Waals surface area contributed by atoms with E-state index >= 15 is 0 Å². The van der Waals surface area contributed by atoms with Gasteiger partial charge >= 0.3 is 13.1 Å². The van der Waals surface area contributed by atoms with Gasteiger partial charge in [-0.2, -0.15) is 0 Å². The van der Waals surface area contributed by atoms with Gasteiger partial charge in [0, 0.05) is 23.7 Å². The minimum absolute atomic E-state index is 0.0591. The third-order valence-corrected chi connectivity index (χ3v) is 7.24. The molecule has 0 aliphatic carbocycles. The number of hydrogen-bond donors (Lipinski definition) is 0. The smallest absolute Gasteiger partial charge is 0.469 e. The van der Waals surface area contributed by atoms with E-state index in [4.69, 9.17) is 23.5 Å². The van der Waals surface area contributed by atoms with Crippen molar-refractivity contribution in [1.29, 1.82) is 0 Å². The highest BCUT2D eigenvalue weighted by molar-refractivity contribution is 7.20. The highest BCUT2D eigenvalue weighted by Crippen LogP contribution is 2.38. The van der Waals surface area contributed by atoms with Crippen LogP contribution in [0.15, 0.2) is 18.2 Å². The Bertz CT molecular complexity index is 1010. The van der Waals surface area contributed by atoms with Gasteiger partial charge in [0.1, 0.15) is 5.75 Å². The molecular weight excluding hydrogens is 431 g/mol. The van der Waals surface area contributed by atoms with E-state index in [0.29, 0.717) is 10.6 Å². The first kappa shape index (κ1) is 24.7. The van der Waals surface area contributed by atoms with Crippen molar-refractivity contribution < 1.29 is 33.1 Å². The SMILES string of the molecule is COCOc1cc2sc(C(=O)CC(C)(C)C(=O)OC)cc2cc1B1OC(C)(C)C(C)(C)O1. The van der Waals surface area contributed by atoms with Crippen LogP contribution in [0.25, 0.3) is 10.1 Å². The average Bonchev–Trinajstić information content (AvgIpc) is 3.21. The van der Waals surface area contributed by atoms with Crippen molar-refractivity contribution in [3.8, 4) is 5.75 Å². The normalized spacial score (nSPS) is 17.6. The molecular formula is C23H31BO7S. The molecule has 0 unspecified atom stereocenters. The summed E-state index contributed by atoms with van der Waals surface area (Å²) in [5.74, 6) is 0.0528. The summed E-state index contributed by atoms with van der Waals surface area (Å²) in [5.41, 5.74) is -1.16. The molecule has 0 N–H and O–H groups in total. The molecule has 0 spiro atoms. The van der Waals surface area contributed by atoms with Gasteiger partial charge in [-0.05, 0) is 59.1 Å². The minimum atomic E-state index is -0.900. The van der Waals surface area contributed by atoms with Crippen molar-refractivity contribution in [2.45, 2.75) is 59.2 Å². The summed E-state index contributed by atoms with van der Waals surface area (Å²) < 4.78 is 29.1. The molecule has 0 saturated carbocycles. The second-order valence-electron chi connectivity index (χ2n) is 9.65. The summed E-state index contributed by atoms with van der Waals surface area (Å²) in [6, 6.07) is 5.65. The number of rotatable bonds is 8. The number of ketones is 1. The van der Waals surface area contributed by atoms with Crippen LogP contribution in [0.1, 0.15) is 57.6 Å². The first-order valence-corrected chi connectivity index (χ1v) is 11.3. The lowest BCUT2D eigenvalue weighted by Gasteiger charge is -2.32. The Hall–Kier alpha value is -1.94. The van der Waals surface area contributed by atoms with Gasteiger partial charge in [0.2, 0.25) is 0 Å². The van der Waals surface area contributed by atoms with Crippen molar-refractivity contribution >= 4 is 45.8 Å². The van der Waals surface area contributed by atoms with E-state index in [1.807, 2.05) is 45.9 Å². The second kappa shape index (κ2) is 8.78. The number of fused-ring (bicyclic) bond motifs is 1. The van der Waals surface area contributed by atoms with E-state index in [9.17, 15) is 9.59 Å². The topological polar surface area (TPSA) is 80.3 Å². The molecule has 2 heterocycles. The molecule has 32 heavy (non-hydrogen) atoms. The number of carbonyl (C=O) groups excluding carboxylic acids is 2. The summed E-state index contributed by atoms with van der Waals surface area (Å²) in [6.45, 7) is 11.4. The summed E-state index contributed by atoms with van der Waals surface area (Å²) in [6.07, 6.45) is 0.0591. The fourth-order valence-corrected chi connectivity index (χ4v) is 4.47. The number of esters is 1. The zero-order valence-corrected chi connectivity index (χ0v) is 20.8. The van der Waals surface area contributed by atoms with E-state index < -0.39 is 29.7 Å². The lowest BCUT2D eigenvalue weighted by Crippen LogP contribution is -2.41. The largest absolute Gasteiger partial charge is 0.498 e. The number of ether oxygens (including phenoxy) is 3. The van der Waals surface area contributed by atoms with Crippen molar-refractivity contribution in [2.75, 3.05) is 21.0 Å². The Kier molecular flexibility index (Phi) is 6.78. The molecule has 0 atom stereocenters. The first-order chi connectivity index (χ1) is 14.8. The van der Waals surface area contributed by atoms with Gasteiger partial charge < -0.3 is 23.5 Å². The average molecular weight is 462 g/mol. The first-order valence-electron chi connectivity index (χ1n) is 10.5. The quantitative estimate of drug-likeness (QED) is 0.254. The maximum atomic E-state index is 12.9. The predicted octanol–water partition coefficient (Wildman–Crippen LogP) is 3.96. The van der Waals surface area contributed by atoms with Gasteiger partial charge in [-0.1, -0.05) is 6.07 Å². The van der Waals surface area contributed by atoms with E-state index in [0.717, 1.165) is 15.5 Å². The monoisotopic (exact) mass is 462 g/mol. The van der Waals surface area contributed by atoms with Gasteiger partial charge in [-0.3, -0.25) is 9.59 Å². The zero-order valence-electron chi connectivity index (χ0n) is 20.0. The van der Waals surface area contributed by atoms with Crippen LogP contribution in [0.4, 0.5) is 0 Å². The summed E-state index contributed by atoms with van der Waals surface area (Å²) in [7, 11) is 2.26. The number of benzene rings is 1. The maximum Gasteiger partial charge on any atom is 0.498 e. The second-order valence-corrected chi connectivity index (χ2v) is 10.7. The van der Waals surface area contributed by atoms with Crippen LogP contribution in [0.2, 0.25) is 0 Å². The lowest BCUT2D eigenvalue weighted by atomic mass is 9.78. The van der Waals surface area contributed by atoms with Crippen LogP contribution in [0.5, 0.6) is 5.75 Å². The van der Waals surface area contributed by atoms with Crippen LogP contribution in [-0.4, -0.2) is 51.1 Å². The van der Waals surface area contributed by atoms with Crippen molar-refractivity contribution in [2.24, 2.45) is 5.41 Å². The zero-order chi connectivity index (χ0) is 23.9. The van der Waals surface area contributed by atoms with Gasteiger partial charge in [0.05, 0.1) is 28.6 Å². The number of thiophene rings is 1. The maximum absolute atomic E-state index is 12.9. The molecule has 1 aliphatic rings. The van der Waals surface area contributed by atoms with Gasteiger partial charge in [0.15, 0.2) is 12.6 Å². The molecule has 0 radical (unpaired) electrons. The molecule has 1 saturated heterocycles. The Morgan fingerprint density at radius 2 is 1.69 bits per heavy atom. The summed E-state index contributed by atoms with van der Waals surface area (Å²) in [4.78, 5) is 25.5. The fraction of sp³-hybridized carbons (Fsp3) is 0.565. The highest BCUT2D eigenvalue weighted by atomic mass is 32.1. The molecule has 174 valence electrons. The van der Waals surface area contributed by atoms with E-state index in [2.05, 4.69) is 0 Å². The van der Waals surface area contributed by atoms with E-state index in [1.54, 1.807) is 21.0 Å². The number of methoxy groups -OCH3 is 2. The van der Waals surface area contributed by atoms with Gasteiger partial charge in [-0.15, -0.1) is 11.3 Å². The molecule has 1 aliphatic heterocycles. The number of Topliss-reactive ketones (excluding diaryl/α,β-unsaturated/α-hetero) is 1. The molecule has 2 aromatic rings. The van der Waals surface area contributed by atoms with Crippen LogP contribution in [0, 0.1) is 5.41 Å². The predicted molar refractivity (Wildman–Crippen MR) is 125 cm³/mol. The van der Waals surface area contributed by atoms with Gasteiger partial charge in [-0.25, -0.2) is 0 Å². The van der Waals surface area contributed by atoms with Crippen LogP contribution in [-0.2, 0) is 23.6 Å². The Morgan fingerprint density at radius 3 is 2.25 bits per heavy atom. The highest BCUT2D eigenvalue weighted by Gasteiger charge is 2.52. The third kappa shape index (κ3) is 4.71. The molecule has 3 rings (SSSR count). The lowest BCUT2D eigenvalue weighted by molar-refractivity contribution is -0.150. The number of hydrogen-bond acceptors (Lipinski definition) is 8. The molecule has 7 nitrogen and oxygen atoms in total. The Morgan fingerprint density at radius 1 is 1.06 bits per heavy atom. The Labute approximate surface area is 193 Å². The summed E-state index contributed by atoms with van der Waals surface area (Å²) in [5, 5.41) is 0.878. The standard InChI is InChI=1S/C23H31BO7S/c1-21(2,20(26)28-8)12-16(25)19-10-14-9-15(17(29-13-27-7)11-18(14)32-19)24-30-22(3,4)23(5,6)31-24/h9-11H,12-13H2,1-8H3. The van der Waals surface area contributed by atoms with Crippen LogP contribution in [0.3, 0.4) is 0 Å².